The summed E-state index contributed by atoms with van der Waals surface area (Å²) in [6.07, 6.45) is 3.11. The van der Waals surface area contributed by atoms with Gasteiger partial charge < -0.3 is 16.4 Å². The number of rotatable bonds is 7. The molecule has 3 aromatic heterocycles. The van der Waals surface area contributed by atoms with Crippen LogP contribution >= 0.6 is 33.9 Å². The zero-order chi connectivity index (χ0) is 25.9. The summed E-state index contributed by atoms with van der Waals surface area (Å²) in [7, 11) is 0. The summed E-state index contributed by atoms with van der Waals surface area (Å²) in [6.45, 7) is 0.511. The molecule has 37 heavy (non-hydrogen) atoms. The Hall–Kier alpha value is -3.71. The van der Waals surface area contributed by atoms with Gasteiger partial charge in [0.05, 0.1) is 17.6 Å². The summed E-state index contributed by atoms with van der Waals surface area (Å²) < 4.78 is 27.4. The molecule has 0 fully saturated rings. The van der Waals surface area contributed by atoms with Crippen LogP contribution in [0, 0.1) is 15.2 Å². The number of amides is 1. The second-order valence-electron chi connectivity index (χ2n) is 8.09. The van der Waals surface area contributed by atoms with E-state index in [0.717, 1.165) is 41.9 Å². The van der Waals surface area contributed by atoms with E-state index in [4.69, 9.17) is 5.73 Å². The standard InChI is InChI=1S/C26H19F2IN6OS/c27-20-4-1-14(7-21(20)28)10-33-26(36)19-9-16(29)11-31-25(19)32-12-17-3-6-23(37-17)15-2-5-22-18(8-15)24(30)35-13-34-22/h1-9,11,13H,10,12H2,(H,31,32)(H,33,36)(H2,30,34,35). The zero-order valence-corrected chi connectivity index (χ0v) is 22.1. The number of nitrogen functional groups attached to an aromatic ring is 1. The van der Waals surface area contributed by atoms with E-state index in [2.05, 4.69) is 48.2 Å². The summed E-state index contributed by atoms with van der Waals surface area (Å²) in [5.74, 6) is -1.40. The molecule has 1 amide bonds. The quantitative estimate of drug-likeness (QED) is 0.198. The first kappa shape index (κ1) is 25.0. The lowest BCUT2D eigenvalue weighted by atomic mass is 10.1. The summed E-state index contributed by atoms with van der Waals surface area (Å²) in [4.78, 5) is 27.7. The van der Waals surface area contributed by atoms with Crippen LogP contribution in [0.3, 0.4) is 0 Å². The van der Waals surface area contributed by atoms with E-state index in [0.29, 0.717) is 29.3 Å². The molecule has 5 rings (SSSR count). The molecule has 0 aliphatic rings. The van der Waals surface area contributed by atoms with Crippen molar-refractivity contribution in [3.8, 4) is 10.4 Å². The number of pyridine rings is 1. The van der Waals surface area contributed by atoms with Gasteiger partial charge in [-0.05, 0) is 76.2 Å². The second kappa shape index (κ2) is 10.7. The SMILES string of the molecule is Nc1ncnc2ccc(-c3ccc(CNc4ncc(I)cc4C(=O)NCc4ccc(F)c(F)c4)s3)cc12. The van der Waals surface area contributed by atoms with Gasteiger partial charge in [-0.3, -0.25) is 4.79 Å². The number of aromatic nitrogens is 3. The number of carbonyl (C=O) groups excluding carboxylic acids is 1. The van der Waals surface area contributed by atoms with Crippen LogP contribution in [0.2, 0.25) is 0 Å². The van der Waals surface area contributed by atoms with Crippen LogP contribution in [0.1, 0.15) is 20.8 Å². The highest BCUT2D eigenvalue weighted by molar-refractivity contribution is 14.1. The fraction of sp³-hybridized carbons (Fsp3) is 0.0769. The van der Waals surface area contributed by atoms with Gasteiger partial charge in [-0.25, -0.2) is 23.7 Å². The molecule has 186 valence electrons. The van der Waals surface area contributed by atoms with E-state index < -0.39 is 11.6 Å². The van der Waals surface area contributed by atoms with Gasteiger partial charge in [-0.15, -0.1) is 11.3 Å². The number of nitrogens with one attached hydrogen (secondary N) is 2. The van der Waals surface area contributed by atoms with Gasteiger partial charge in [0.25, 0.3) is 5.91 Å². The summed E-state index contributed by atoms with van der Waals surface area (Å²) >= 11 is 3.69. The van der Waals surface area contributed by atoms with Gasteiger partial charge in [-0.2, -0.15) is 0 Å². The zero-order valence-electron chi connectivity index (χ0n) is 19.1. The van der Waals surface area contributed by atoms with Crippen LogP contribution in [0.15, 0.2) is 67.1 Å². The monoisotopic (exact) mass is 628 g/mol. The maximum absolute atomic E-state index is 13.5. The van der Waals surface area contributed by atoms with Gasteiger partial charge >= 0.3 is 0 Å². The minimum atomic E-state index is -0.958. The molecule has 5 aromatic rings. The lowest BCUT2D eigenvalue weighted by Gasteiger charge is -2.12. The Morgan fingerprint density at radius 3 is 2.68 bits per heavy atom. The average Bonchev–Trinajstić information content (AvgIpc) is 3.37. The summed E-state index contributed by atoms with van der Waals surface area (Å²) in [6, 6.07) is 15.2. The number of nitrogens with two attached hydrogens (primary N) is 1. The molecule has 0 saturated heterocycles. The molecule has 0 radical (unpaired) electrons. The predicted octanol–water partition coefficient (Wildman–Crippen LogP) is 5.76. The van der Waals surface area contributed by atoms with E-state index >= 15 is 0 Å². The van der Waals surface area contributed by atoms with Crippen LogP contribution in [-0.2, 0) is 13.1 Å². The molecule has 2 aromatic carbocycles. The van der Waals surface area contributed by atoms with Gasteiger partial charge in [-0.1, -0.05) is 12.1 Å². The molecule has 0 atom stereocenters. The fourth-order valence-electron chi connectivity index (χ4n) is 3.71. The number of hydrogen-bond acceptors (Lipinski definition) is 7. The van der Waals surface area contributed by atoms with Crippen LogP contribution in [0.25, 0.3) is 21.3 Å². The van der Waals surface area contributed by atoms with Crippen molar-refractivity contribution in [2.45, 2.75) is 13.1 Å². The molecule has 4 N–H and O–H groups in total. The van der Waals surface area contributed by atoms with E-state index in [-0.39, 0.29) is 12.5 Å². The van der Waals surface area contributed by atoms with Crippen molar-refractivity contribution in [2.24, 2.45) is 0 Å². The largest absolute Gasteiger partial charge is 0.383 e. The predicted molar refractivity (Wildman–Crippen MR) is 149 cm³/mol. The Bertz CT molecular complexity index is 1630. The van der Waals surface area contributed by atoms with Gasteiger partial charge in [0.2, 0.25) is 0 Å². The van der Waals surface area contributed by atoms with E-state index in [9.17, 15) is 13.6 Å². The third-order valence-electron chi connectivity index (χ3n) is 5.58. The normalized spacial score (nSPS) is 11.0. The molecule has 0 unspecified atom stereocenters. The molecular formula is C26H19F2IN6OS. The van der Waals surface area contributed by atoms with Gasteiger partial charge in [0.1, 0.15) is 18.0 Å². The minimum absolute atomic E-state index is 0.0521. The smallest absolute Gasteiger partial charge is 0.255 e. The highest BCUT2D eigenvalue weighted by Gasteiger charge is 2.15. The Kier molecular flexibility index (Phi) is 7.24. The second-order valence-corrected chi connectivity index (χ2v) is 10.5. The van der Waals surface area contributed by atoms with Gasteiger partial charge in [0, 0.05) is 31.5 Å². The maximum Gasteiger partial charge on any atom is 0.255 e. The Morgan fingerprint density at radius 2 is 1.84 bits per heavy atom. The minimum Gasteiger partial charge on any atom is -0.383 e. The highest BCUT2D eigenvalue weighted by atomic mass is 127. The first-order valence-electron chi connectivity index (χ1n) is 11.1. The number of carbonyl (C=O) groups is 1. The molecule has 0 spiro atoms. The number of hydrogen-bond donors (Lipinski definition) is 3. The van der Waals surface area contributed by atoms with E-state index in [1.807, 2.05) is 30.3 Å². The number of halogens is 3. The summed E-state index contributed by atoms with van der Waals surface area (Å²) in [5, 5.41) is 6.79. The number of benzene rings is 2. The lowest BCUT2D eigenvalue weighted by Crippen LogP contribution is -2.24. The fourth-order valence-corrected chi connectivity index (χ4v) is 5.10. The van der Waals surface area contributed by atoms with Gasteiger partial charge in [0.15, 0.2) is 11.6 Å². The van der Waals surface area contributed by atoms with Crippen molar-refractivity contribution in [1.29, 1.82) is 0 Å². The highest BCUT2D eigenvalue weighted by Crippen LogP contribution is 2.31. The van der Waals surface area contributed by atoms with Crippen molar-refractivity contribution in [3.05, 3.63) is 98.3 Å². The van der Waals surface area contributed by atoms with Crippen LogP contribution < -0.4 is 16.4 Å². The van der Waals surface area contributed by atoms with Crippen LogP contribution in [0.4, 0.5) is 20.4 Å². The molecule has 0 bridgehead atoms. The van der Waals surface area contributed by atoms with Crippen LogP contribution in [0.5, 0.6) is 0 Å². The summed E-state index contributed by atoms with van der Waals surface area (Å²) in [5.41, 5.74) is 8.61. The average molecular weight is 628 g/mol. The maximum atomic E-state index is 13.5. The van der Waals surface area contributed by atoms with Crippen molar-refractivity contribution in [2.75, 3.05) is 11.1 Å². The Morgan fingerprint density at radius 1 is 0.973 bits per heavy atom. The molecule has 0 aliphatic carbocycles. The molecule has 3 heterocycles. The van der Waals surface area contributed by atoms with Crippen molar-refractivity contribution in [1.82, 2.24) is 20.3 Å². The number of nitrogens with zero attached hydrogens (tertiary/aromatic N) is 3. The van der Waals surface area contributed by atoms with E-state index in [1.165, 1.54) is 12.4 Å². The van der Waals surface area contributed by atoms with Crippen molar-refractivity contribution in [3.63, 3.8) is 0 Å². The molecule has 7 nitrogen and oxygen atoms in total. The third-order valence-corrected chi connectivity index (χ3v) is 7.30. The lowest BCUT2D eigenvalue weighted by molar-refractivity contribution is 0.0951. The molecule has 0 aliphatic heterocycles. The number of anilines is 2. The topological polar surface area (TPSA) is 106 Å². The van der Waals surface area contributed by atoms with Crippen molar-refractivity contribution >= 4 is 62.4 Å². The third kappa shape index (κ3) is 5.67. The van der Waals surface area contributed by atoms with Crippen molar-refractivity contribution < 1.29 is 13.6 Å². The molecular weight excluding hydrogens is 609 g/mol. The number of thiophene rings is 1. The molecule has 11 heteroatoms. The first-order chi connectivity index (χ1) is 17.9. The first-order valence-corrected chi connectivity index (χ1v) is 13.0. The van der Waals surface area contributed by atoms with Crippen LogP contribution in [-0.4, -0.2) is 20.9 Å². The Labute approximate surface area is 228 Å². The molecule has 0 saturated carbocycles. The Balaban J connectivity index is 1.29. The number of fused-ring (bicyclic) bond motifs is 1. The van der Waals surface area contributed by atoms with E-state index in [1.54, 1.807) is 23.6 Å².